The van der Waals surface area contributed by atoms with E-state index in [0.29, 0.717) is 6.04 Å². The highest BCUT2D eigenvalue weighted by atomic mass is 16.5. The number of aromatic amines is 1. The molecule has 5 nitrogen and oxygen atoms in total. The topological polar surface area (TPSA) is 57.4 Å². The lowest BCUT2D eigenvalue weighted by molar-refractivity contribution is 0.152. The number of nitrogens with zero attached hydrogens (tertiary/aromatic N) is 1. The zero-order valence-corrected chi connectivity index (χ0v) is 20.4. The molecule has 1 atom stereocenters. The van der Waals surface area contributed by atoms with E-state index in [9.17, 15) is 4.79 Å². The molecule has 2 N–H and O–H groups in total. The summed E-state index contributed by atoms with van der Waals surface area (Å²) in [5, 5.41) is 4.74. The third-order valence-electron chi connectivity index (χ3n) is 7.12. The van der Waals surface area contributed by atoms with Crippen LogP contribution in [0.2, 0.25) is 0 Å². The number of rotatable bonds is 8. The zero-order valence-electron chi connectivity index (χ0n) is 20.4. The Morgan fingerprint density at radius 2 is 1.79 bits per heavy atom. The second-order valence-corrected chi connectivity index (χ2v) is 9.33. The molecule has 1 fully saturated rings. The largest absolute Gasteiger partial charge is 0.383 e. The number of fused-ring (bicyclic) bond motifs is 1. The quantitative estimate of drug-likeness (QED) is 0.500. The molecule has 2 aromatic carbocycles. The van der Waals surface area contributed by atoms with Gasteiger partial charge >= 0.3 is 0 Å². The first-order valence-electron chi connectivity index (χ1n) is 12.2. The number of hydrogen-bond donors (Lipinski definition) is 2. The van der Waals surface area contributed by atoms with E-state index in [4.69, 9.17) is 4.74 Å². The van der Waals surface area contributed by atoms with E-state index in [1.165, 1.54) is 22.3 Å². The van der Waals surface area contributed by atoms with Crippen molar-refractivity contribution in [1.82, 2.24) is 15.2 Å². The molecule has 1 aliphatic rings. The number of likely N-dealkylation sites (tertiary alicyclic amines) is 1. The fourth-order valence-corrected chi connectivity index (χ4v) is 4.98. The molecule has 0 aliphatic carbocycles. The number of ether oxygens (including phenoxy) is 1. The van der Waals surface area contributed by atoms with Crippen LogP contribution in [0.3, 0.4) is 0 Å². The van der Waals surface area contributed by atoms with Crippen LogP contribution in [0.1, 0.15) is 53.6 Å². The van der Waals surface area contributed by atoms with Crippen LogP contribution in [0, 0.1) is 13.8 Å². The summed E-state index contributed by atoms with van der Waals surface area (Å²) in [5.74, 6) is 0. The molecular formula is C28H37N3O2. The molecule has 1 aromatic heterocycles. The molecular weight excluding hydrogens is 410 g/mol. The second-order valence-electron chi connectivity index (χ2n) is 9.33. The molecule has 0 spiro atoms. The number of methoxy groups -OCH3 is 1. The van der Waals surface area contributed by atoms with Crippen molar-refractivity contribution in [3.8, 4) is 0 Å². The molecule has 2 heterocycles. The van der Waals surface area contributed by atoms with E-state index in [0.717, 1.165) is 62.0 Å². The Morgan fingerprint density at radius 1 is 1.06 bits per heavy atom. The maximum Gasteiger partial charge on any atom is 0.251 e. The number of nitrogens with one attached hydrogen (secondary N) is 2. The van der Waals surface area contributed by atoms with Gasteiger partial charge in [-0.05, 0) is 78.9 Å². The summed E-state index contributed by atoms with van der Waals surface area (Å²) in [6.07, 6.45) is 3.00. The van der Waals surface area contributed by atoms with E-state index in [1.807, 2.05) is 6.92 Å². The minimum Gasteiger partial charge on any atom is -0.383 e. The average Bonchev–Trinajstić information content (AvgIpc) is 2.82. The molecule has 1 saturated heterocycles. The Hall–Kier alpha value is -2.47. The van der Waals surface area contributed by atoms with Crippen molar-refractivity contribution in [1.29, 1.82) is 0 Å². The van der Waals surface area contributed by atoms with Gasteiger partial charge in [-0.15, -0.1) is 0 Å². The van der Waals surface area contributed by atoms with E-state index in [-0.39, 0.29) is 11.6 Å². The highest BCUT2D eigenvalue weighted by molar-refractivity contribution is 5.80. The van der Waals surface area contributed by atoms with Gasteiger partial charge < -0.3 is 15.0 Å². The van der Waals surface area contributed by atoms with Crippen LogP contribution in [0.25, 0.3) is 10.9 Å². The maximum atomic E-state index is 12.3. The van der Waals surface area contributed by atoms with Crippen LogP contribution in [-0.2, 0) is 11.2 Å². The second kappa shape index (κ2) is 10.6. The smallest absolute Gasteiger partial charge is 0.251 e. The van der Waals surface area contributed by atoms with Gasteiger partial charge in [0.2, 0.25) is 0 Å². The Bertz CT molecular complexity index is 1150. The Kier molecular flexibility index (Phi) is 7.63. The SMILES string of the molecule is CCc1cc2cc(C(c3ccc(C)c(C)c3)N3CCC(NCCOC)CC3)ccc2[nH]c1=O. The molecule has 5 heteroatoms. The summed E-state index contributed by atoms with van der Waals surface area (Å²) in [7, 11) is 1.75. The lowest BCUT2D eigenvalue weighted by atomic mass is 9.91. The van der Waals surface area contributed by atoms with Crippen molar-refractivity contribution in [2.45, 2.75) is 52.1 Å². The van der Waals surface area contributed by atoms with Gasteiger partial charge in [-0.1, -0.05) is 31.2 Å². The Labute approximate surface area is 197 Å². The van der Waals surface area contributed by atoms with Gasteiger partial charge in [0.15, 0.2) is 0 Å². The van der Waals surface area contributed by atoms with E-state index in [1.54, 1.807) is 7.11 Å². The van der Waals surface area contributed by atoms with Crippen molar-refractivity contribution in [2.24, 2.45) is 0 Å². The van der Waals surface area contributed by atoms with Crippen LogP contribution < -0.4 is 10.9 Å². The third-order valence-corrected chi connectivity index (χ3v) is 7.12. The van der Waals surface area contributed by atoms with Gasteiger partial charge in [-0.2, -0.15) is 0 Å². The predicted molar refractivity (Wildman–Crippen MR) is 136 cm³/mol. The lowest BCUT2D eigenvalue weighted by Crippen LogP contribution is -2.44. The summed E-state index contributed by atoms with van der Waals surface area (Å²) in [6.45, 7) is 10.2. The minimum atomic E-state index is 0.0199. The van der Waals surface area contributed by atoms with Gasteiger partial charge in [-0.25, -0.2) is 0 Å². The predicted octanol–water partition coefficient (Wildman–Crippen LogP) is 4.50. The van der Waals surface area contributed by atoms with Gasteiger partial charge in [0.1, 0.15) is 0 Å². The van der Waals surface area contributed by atoms with Gasteiger partial charge in [0.25, 0.3) is 5.56 Å². The fourth-order valence-electron chi connectivity index (χ4n) is 4.98. The van der Waals surface area contributed by atoms with Crippen LogP contribution in [0.5, 0.6) is 0 Å². The van der Waals surface area contributed by atoms with Crippen molar-refractivity contribution < 1.29 is 4.74 Å². The number of aromatic nitrogens is 1. The highest BCUT2D eigenvalue weighted by Gasteiger charge is 2.27. The van der Waals surface area contributed by atoms with E-state index in [2.05, 4.69) is 71.5 Å². The third kappa shape index (κ3) is 5.37. The normalized spacial score (nSPS) is 16.4. The molecule has 1 aliphatic heterocycles. The average molecular weight is 448 g/mol. The number of benzene rings is 2. The first-order valence-corrected chi connectivity index (χ1v) is 12.2. The minimum absolute atomic E-state index is 0.0199. The molecule has 0 saturated carbocycles. The number of aryl methyl sites for hydroxylation is 3. The molecule has 0 amide bonds. The zero-order chi connectivity index (χ0) is 23.4. The Balaban J connectivity index is 1.67. The standard InChI is InChI=1S/C28H37N3O2/c1-5-21-17-24-18-23(8-9-26(24)30-28(21)32)27(22-7-6-19(2)20(3)16-22)31-13-10-25(11-14-31)29-12-15-33-4/h6-9,16-18,25,27,29H,5,10-15H2,1-4H3,(H,30,32). The van der Waals surface area contributed by atoms with Crippen LogP contribution in [0.15, 0.2) is 47.3 Å². The van der Waals surface area contributed by atoms with Crippen molar-refractivity contribution in [3.05, 3.63) is 80.6 Å². The number of hydrogen-bond acceptors (Lipinski definition) is 4. The molecule has 33 heavy (non-hydrogen) atoms. The first kappa shape index (κ1) is 23.7. The monoisotopic (exact) mass is 447 g/mol. The molecule has 0 bridgehead atoms. The van der Waals surface area contributed by atoms with Crippen LogP contribution >= 0.6 is 0 Å². The molecule has 176 valence electrons. The number of piperidine rings is 1. The maximum absolute atomic E-state index is 12.3. The van der Waals surface area contributed by atoms with E-state index < -0.39 is 0 Å². The van der Waals surface area contributed by atoms with Gasteiger partial charge in [-0.3, -0.25) is 9.69 Å². The van der Waals surface area contributed by atoms with Gasteiger partial charge in [0, 0.05) is 43.9 Å². The molecule has 4 rings (SSSR count). The van der Waals surface area contributed by atoms with E-state index >= 15 is 0 Å². The first-order chi connectivity index (χ1) is 16.0. The summed E-state index contributed by atoms with van der Waals surface area (Å²) in [4.78, 5) is 17.9. The molecule has 1 unspecified atom stereocenters. The van der Waals surface area contributed by atoms with Crippen molar-refractivity contribution >= 4 is 10.9 Å². The fraction of sp³-hybridized carbons (Fsp3) is 0.464. The number of pyridine rings is 1. The molecule has 3 aromatic rings. The van der Waals surface area contributed by atoms with Gasteiger partial charge in [0.05, 0.1) is 12.6 Å². The summed E-state index contributed by atoms with van der Waals surface area (Å²) < 4.78 is 5.19. The summed E-state index contributed by atoms with van der Waals surface area (Å²) in [6, 6.07) is 16.2. The highest BCUT2D eigenvalue weighted by Crippen LogP contribution is 2.33. The van der Waals surface area contributed by atoms with Crippen LogP contribution in [0.4, 0.5) is 0 Å². The summed E-state index contributed by atoms with van der Waals surface area (Å²) >= 11 is 0. The van der Waals surface area contributed by atoms with Crippen molar-refractivity contribution in [2.75, 3.05) is 33.4 Å². The lowest BCUT2D eigenvalue weighted by Gasteiger charge is -2.38. The molecule has 0 radical (unpaired) electrons. The summed E-state index contributed by atoms with van der Waals surface area (Å²) in [5.41, 5.74) is 7.03. The Morgan fingerprint density at radius 3 is 2.48 bits per heavy atom. The van der Waals surface area contributed by atoms with Crippen LogP contribution in [-0.4, -0.2) is 49.3 Å². The number of H-pyrrole nitrogens is 1. The van der Waals surface area contributed by atoms with Crippen molar-refractivity contribution in [3.63, 3.8) is 0 Å².